The second-order valence-electron chi connectivity index (χ2n) is 30.7. The van der Waals surface area contributed by atoms with Crippen molar-refractivity contribution in [3.05, 3.63) is 304 Å². The van der Waals surface area contributed by atoms with E-state index in [2.05, 4.69) is 181 Å². The van der Waals surface area contributed by atoms with Crippen LogP contribution in [0.25, 0.3) is 70.7 Å². The largest absolute Gasteiger partial charge is 0.382 e. The molecule has 1 fully saturated rings. The lowest BCUT2D eigenvalue weighted by molar-refractivity contribution is 0.0975. The van der Waals surface area contributed by atoms with Gasteiger partial charge in [-0.15, -0.1) is 68.0 Å². The van der Waals surface area contributed by atoms with Crippen LogP contribution in [-0.4, -0.2) is 64.1 Å². The number of para-hydroxylation sites is 2. The van der Waals surface area contributed by atoms with Gasteiger partial charge >= 0.3 is 0 Å². The van der Waals surface area contributed by atoms with E-state index >= 15 is 0 Å². The first-order chi connectivity index (χ1) is 53.9. The lowest BCUT2D eigenvalue weighted by Gasteiger charge is -2.46. The molecule has 4 aliphatic heterocycles. The Morgan fingerprint density at radius 3 is 1.25 bits per heavy atom. The second-order valence-corrected chi connectivity index (χ2v) is 45.4. The number of Topliss-reactive ketones (excluding diaryl/α,β-unsaturated/α-hetero) is 6. The molecular formula is C93H61N3O7S6Si2. The Morgan fingerprint density at radius 1 is 0.351 bits per heavy atom. The second kappa shape index (κ2) is 24.5. The summed E-state index contributed by atoms with van der Waals surface area (Å²) in [6.45, 7) is 10.7. The van der Waals surface area contributed by atoms with Crippen molar-refractivity contribution in [1.29, 1.82) is 0 Å². The summed E-state index contributed by atoms with van der Waals surface area (Å²) in [6.07, 6.45) is 5.35. The minimum Gasteiger partial charge on any atom is -0.382 e. The SMILES string of the molecule is CC1(C)c2ccccc2N(c2ccc(/C=C3\C(=O)c4cc5ccsc5cc4C3=O)s2)c2cc(-c3ccc4c(c3)N(c3ccc(/C=C5\C(=O)c6cc7ccsc7cc6C5=O)s3)c3ccc(-c5ccc6c(c5)[Si](C)(C)c5ccccc5N6c5ccc(/C=C6\C(=O)c7cc8ccsc8cc7C6=O)s5)cc3[Si]43CCOCC3)ccc21. The molecule has 15 aromatic rings. The monoisotopic (exact) mass is 1580 g/mol. The topological polar surface area (TPSA) is 121 Å². The zero-order valence-electron chi connectivity index (χ0n) is 60.1. The molecule has 6 aromatic heterocycles. The molecule has 7 aliphatic rings. The number of rotatable bonds is 8. The van der Waals surface area contributed by atoms with Gasteiger partial charge in [0.25, 0.3) is 0 Å². The van der Waals surface area contributed by atoms with Gasteiger partial charge in [0, 0.05) is 103 Å². The number of carbonyl (C=O) groups excluding carboxylic acids is 6. The smallest absolute Gasteiger partial charge is 0.197 e. The highest BCUT2D eigenvalue weighted by atomic mass is 32.1. The van der Waals surface area contributed by atoms with Gasteiger partial charge in [0.15, 0.2) is 34.7 Å². The van der Waals surface area contributed by atoms with Crippen molar-refractivity contribution < 1.29 is 33.5 Å². The Balaban J connectivity index is 0.660. The molecule has 18 heteroatoms. The Labute approximate surface area is 664 Å². The van der Waals surface area contributed by atoms with E-state index in [1.807, 2.05) is 88.9 Å². The van der Waals surface area contributed by atoms with Crippen molar-refractivity contribution in [3.63, 3.8) is 0 Å². The average Bonchev–Trinajstić information content (AvgIpc) is 1.41. The first kappa shape index (κ1) is 66.9. The molecule has 534 valence electrons. The van der Waals surface area contributed by atoms with Crippen molar-refractivity contribution >= 4 is 237 Å². The molecule has 1 spiro atoms. The van der Waals surface area contributed by atoms with Crippen molar-refractivity contribution in [2.75, 3.05) is 27.9 Å². The highest BCUT2D eigenvalue weighted by Crippen LogP contribution is 2.56. The maximum absolute atomic E-state index is 14.4. The van der Waals surface area contributed by atoms with Crippen LogP contribution >= 0.6 is 68.0 Å². The highest BCUT2D eigenvalue weighted by molar-refractivity contribution is 7.19. The molecular weight excluding hydrogens is 1520 g/mol. The Morgan fingerprint density at radius 2 is 0.739 bits per heavy atom. The third kappa shape index (κ3) is 9.95. The zero-order valence-corrected chi connectivity index (χ0v) is 67.0. The Bertz CT molecular complexity index is 6740. The van der Waals surface area contributed by atoms with Crippen LogP contribution in [0.1, 0.15) is 102 Å². The van der Waals surface area contributed by atoms with E-state index < -0.39 is 16.1 Å². The van der Waals surface area contributed by atoms with Crippen LogP contribution in [0.3, 0.4) is 0 Å². The Hall–Kier alpha value is -11.0. The minimum atomic E-state index is -2.72. The molecule has 22 rings (SSSR count). The van der Waals surface area contributed by atoms with Crippen LogP contribution in [0.15, 0.2) is 245 Å². The van der Waals surface area contributed by atoms with Crippen molar-refractivity contribution in [1.82, 2.24) is 0 Å². The van der Waals surface area contributed by atoms with Crippen LogP contribution in [0.2, 0.25) is 25.2 Å². The molecule has 10 heterocycles. The summed E-state index contributed by atoms with van der Waals surface area (Å²) in [4.78, 5) is 94.5. The molecule has 0 bridgehead atoms. The van der Waals surface area contributed by atoms with Gasteiger partial charge in [-0.25, -0.2) is 0 Å². The first-order valence-electron chi connectivity index (χ1n) is 37.0. The normalized spacial score (nSPS) is 17.9. The predicted molar refractivity (Wildman–Crippen MR) is 465 cm³/mol. The van der Waals surface area contributed by atoms with Gasteiger partial charge in [0.1, 0.15) is 31.2 Å². The van der Waals surface area contributed by atoms with Gasteiger partial charge < -0.3 is 19.4 Å². The zero-order chi connectivity index (χ0) is 74.8. The van der Waals surface area contributed by atoms with E-state index in [9.17, 15) is 28.8 Å². The predicted octanol–water partition coefficient (Wildman–Crippen LogP) is 22.3. The highest BCUT2D eigenvalue weighted by Gasteiger charge is 2.49. The van der Waals surface area contributed by atoms with Crippen molar-refractivity contribution in [2.45, 2.75) is 44.4 Å². The number of hydrogen-bond acceptors (Lipinski definition) is 16. The average molecular weight is 1580 g/mol. The molecule has 0 saturated carbocycles. The minimum absolute atomic E-state index is 0.172. The maximum atomic E-state index is 14.4. The van der Waals surface area contributed by atoms with E-state index in [0.717, 1.165) is 134 Å². The number of fused-ring (bicyclic) bond motifs is 14. The lowest BCUT2D eigenvalue weighted by atomic mass is 9.73. The molecule has 10 nitrogen and oxygen atoms in total. The fraction of sp³-hybridized carbons (Fsp3) is 0.0968. The number of anilines is 9. The first-order valence-corrected chi connectivity index (χ1v) is 47.5. The van der Waals surface area contributed by atoms with Gasteiger partial charge in [-0.1, -0.05) is 112 Å². The van der Waals surface area contributed by atoms with Crippen LogP contribution in [0, 0.1) is 0 Å². The number of ketones is 6. The van der Waals surface area contributed by atoms with E-state index in [4.69, 9.17) is 4.74 Å². The number of nitrogens with zero attached hydrogens (tertiary/aromatic N) is 3. The fourth-order valence-corrected chi connectivity index (χ4v) is 31.5. The summed E-state index contributed by atoms with van der Waals surface area (Å²) in [5, 5.41) is 17.0. The Kier molecular flexibility index (Phi) is 14.8. The summed E-state index contributed by atoms with van der Waals surface area (Å²) in [6, 6.07) is 76.9. The van der Waals surface area contributed by atoms with Crippen LogP contribution in [0.5, 0.6) is 0 Å². The summed E-state index contributed by atoms with van der Waals surface area (Å²) >= 11 is 9.40. The van der Waals surface area contributed by atoms with Crippen LogP contribution in [0.4, 0.5) is 49.1 Å². The lowest BCUT2D eigenvalue weighted by Crippen LogP contribution is -2.65. The molecule has 3 aliphatic carbocycles. The molecule has 0 amide bonds. The number of allylic oxidation sites excluding steroid dienone is 3. The summed E-state index contributed by atoms with van der Waals surface area (Å²) < 4.78 is 9.35. The quantitative estimate of drug-likeness (QED) is 0.0826. The van der Waals surface area contributed by atoms with Gasteiger partial charge in [-0.2, -0.15) is 0 Å². The number of benzene rings is 9. The molecule has 111 heavy (non-hydrogen) atoms. The van der Waals surface area contributed by atoms with E-state index in [1.54, 1.807) is 86.2 Å². The third-order valence-corrected chi connectivity index (χ3v) is 38.3. The fourth-order valence-electron chi connectivity index (χ4n) is 18.4. The summed E-state index contributed by atoms with van der Waals surface area (Å²) in [5.74, 6) is -1.46. The molecule has 0 atom stereocenters. The van der Waals surface area contributed by atoms with Gasteiger partial charge in [-0.3, -0.25) is 28.8 Å². The third-order valence-electron chi connectivity index (χ3n) is 24.1. The standard InChI is InChI=1S/C93H61N3O7S6Si2/c1-93(2)69-9-5-6-10-71(69)94(84-24-17-57(107-84)44-66-87(97)60-37-54-27-32-104-77(54)47-63(60)90(66)100)75-40-50(13-20-70(75)93)51-16-23-81-76(41-51)96(86-26-19-59(109-86)46-68-89(99)62-39-56-29-34-106-79(56)49-65(62)92(68)102)74-22-15-53(43-83(74)111(81)35-30-103-31-36-111)52-14-21-73-82(42-52)110(3,4)80-12-8-7-11-72(80)95(73)85-25-18-58(108-85)45-67-88(98)61-38-55-28-33-105-78(55)48-64(61)91(67)101/h5-29,32-34,37-49H,30-31,35-36H2,1-4H3/b66-44+,67-45+,68-46+. The number of hydrogen-bond donors (Lipinski definition) is 0. The summed E-state index contributed by atoms with van der Waals surface area (Å²) in [5.41, 5.74) is 16.1. The van der Waals surface area contributed by atoms with E-state index in [0.29, 0.717) is 46.6 Å². The molecule has 9 aromatic carbocycles. The van der Waals surface area contributed by atoms with Crippen LogP contribution < -0.4 is 35.4 Å². The molecule has 0 radical (unpaired) electrons. The summed E-state index contributed by atoms with van der Waals surface area (Å²) in [7, 11) is -5.13. The number of carbonyl (C=O) groups is 6. The van der Waals surface area contributed by atoms with Gasteiger partial charge in [-0.05, 0) is 244 Å². The number of ether oxygens (including phenoxy) is 1. The van der Waals surface area contributed by atoms with E-state index in [1.165, 1.54) is 26.3 Å². The van der Waals surface area contributed by atoms with Gasteiger partial charge in [0.2, 0.25) is 0 Å². The van der Waals surface area contributed by atoms with E-state index in [-0.39, 0.29) is 56.8 Å². The number of thiophene rings is 6. The van der Waals surface area contributed by atoms with Crippen molar-refractivity contribution in [2.24, 2.45) is 0 Å². The molecule has 0 N–H and O–H groups in total. The molecule has 1 saturated heterocycles. The maximum Gasteiger partial charge on any atom is 0.197 e. The van der Waals surface area contributed by atoms with Gasteiger partial charge in [0.05, 0.1) is 28.1 Å². The van der Waals surface area contributed by atoms with Crippen molar-refractivity contribution in [3.8, 4) is 22.3 Å². The molecule has 0 unspecified atom stereocenters. The van der Waals surface area contributed by atoms with Crippen LogP contribution in [-0.2, 0) is 10.2 Å².